The van der Waals surface area contributed by atoms with Gasteiger partial charge in [0.2, 0.25) is 10.9 Å². The Morgan fingerprint density at radius 3 is 2.41 bits per heavy atom. The van der Waals surface area contributed by atoms with Crippen molar-refractivity contribution in [1.29, 1.82) is 5.41 Å². The summed E-state index contributed by atoms with van der Waals surface area (Å²) < 4.78 is 16.8. The molecule has 0 unspecified atom stereocenters. The van der Waals surface area contributed by atoms with Crippen molar-refractivity contribution in [2.75, 3.05) is 21.3 Å². The molecule has 0 atom stereocenters. The number of nitrogens with one attached hydrogen (secondary N) is 1. The van der Waals surface area contributed by atoms with E-state index in [1.165, 1.54) is 43.7 Å². The molecule has 32 heavy (non-hydrogen) atoms. The molecule has 2 aliphatic heterocycles. The Balaban J connectivity index is 1.59. The number of hydrogen-bond acceptors (Lipinski definition) is 8. The number of carbonyl (C=O) groups excluding carboxylic acids is 1. The predicted octanol–water partition coefficient (Wildman–Crippen LogP) is 4.22. The van der Waals surface area contributed by atoms with E-state index in [4.69, 9.17) is 19.6 Å². The molecule has 0 saturated heterocycles. The van der Waals surface area contributed by atoms with E-state index in [1.807, 2.05) is 30.3 Å². The second-order valence-corrected chi connectivity index (χ2v) is 8.80. The van der Waals surface area contributed by atoms with Crippen LogP contribution in [0.4, 0.5) is 0 Å². The third kappa shape index (κ3) is 4.37. The van der Waals surface area contributed by atoms with Gasteiger partial charge in [0.25, 0.3) is 5.91 Å². The number of thioether (sulfide) groups is 2. The minimum atomic E-state index is -0.494. The first-order valence-electron chi connectivity index (χ1n) is 9.51. The van der Waals surface area contributed by atoms with E-state index in [9.17, 15) is 4.79 Å². The predicted molar refractivity (Wildman–Crippen MR) is 129 cm³/mol. The monoisotopic (exact) mass is 468 g/mol. The molecule has 8 nitrogen and oxygen atoms in total. The molecule has 0 aliphatic carbocycles. The molecule has 0 aromatic heterocycles. The van der Waals surface area contributed by atoms with Crippen molar-refractivity contribution in [3.8, 4) is 17.2 Å². The van der Waals surface area contributed by atoms with Crippen molar-refractivity contribution in [3.63, 3.8) is 0 Å². The lowest BCUT2D eigenvalue weighted by atomic mass is 10.1. The Hall–Kier alpha value is -3.24. The Labute approximate surface area is 193 Å². The Bertz CT molecular complexity index is 1140. The van der Waals surface area contributed by atoms with Crippen molar-refractivity contribution in [1.82, 2.24) is 5.01 Å². The topological polar surface area (TPSA) is 96.6 Å². The highest BCUT2D eigenvalue weighted by Crippen LogP contribution is 2.39. The van der Waals surface area contributed by atoms with Gasteiger partial charge in [-0.3, -0.25) is 10.2 Å². The number of amidine groups is 2. The molecule has 0 radical (unpaired) electrons. The highest BCUT2D eigenvalue weighted by Gasteiger charge is 2.35. The average Bonchev–Trinajstić information content (AvgIpc) is 3.23. The molecule has 164 valence electrons. The maximum Gasteiger partial charge on any atom is 0.283 e. The van der Waals surface area contributed by atoms with Gasteiger partial charge in [-0.1, -0.05) is 42.1 Å². The van der Waals surface area contributed by atoms with Crippen LogP contribution in [0.3, 0.4) is 0 Å². The van der Waals surface area contributed by atoms with Crippen molar-refractivity contribution >= 4 is 50.9 Å². The number of amides is 1. The van der Waals surface area contributed by atoms with Gasteiger partial charge in [-0.15, -0.1) is 5.10 Å². The normalized spacial score (nSPS) is 16.6. The van der Waals surface area contributed by atoms with Crippen LogP contribution in [0.1, 0.15) is 11.1 Å². The number of methoxy groups -OCH3 is 3. The van der Waals surface area contributed by atoms with Crippen LogP contribution in [-0.4, -0.2) is 47.6 Å². The zero-order valence-electron chi connectivity index (χ0n) is 17.6. The van der Waals surface area contributed by atoms with Gasteiger partial charge in [0, 0.05) is 5.75 Å². The standard InChI is InChI=1S/C22H20N4O4S2/c1-28-16-10-14(11-17(29-2)18(16)30-3)9-15-19(23)26-21(24-20(15)27)32-22(25-26)31-12-13-7-5-4-6-8-13/h4-11,23H,12H2,1-3H3. The fraction of sp³-hybridized carbons (Fsp3) is 0.182. The summed E-state index contributed by atoms with van der Waals surface area (Å²) in [5.41, 5.74) is 1.91. The number of hydrogen-bond donors (Lipinski definition) is 1. The van der Waals surface area contributed by atoms with Crippen molar-refractivity contribution in [3.05, 3.63) is 59.2 Å². The maximum absolute atomic E-state index is 12.7. The van der Waals surface area contributed by atoms with E-state index in [1.54, 1.807) is 30.0 Å². The molecule has 10 heteroatoms. The molecule has 2 aromatic carbocycles. The molecule has 0 fully saturated rings. The lowest BCUT2D eigenvalue weighted by molar-refractivity contribution is -0.114. The van der Waals surface area contributed by atoms with Gasteiger partial charge in [-0.25, -0.2) is 0 Å². The third-order valence-electron chi connectivity index (χ3n) is 4.64. The van der Waals surface area contributed by atoms with Crippen LogP contribution in [0.15, 0.2) is 58.1 Å². The van der Waals surface area contributed by atoms with Gasteiger partial charge < -0.3 is 14.2 Å². The molecule has 0 spiro atoms. The van der Waals surface area contributed by atoms with E-state index < -0.39 is 5.91 Å². The Morgan fingerprint density at radius 1 is 1.09 bits per heavy atom. The Morgan fingerprint density at radius 2 is 1.78 bits per heavy atom. The fourth-order valence-corrected chi connectivity index (χ4v) is 4.99. The van der Waals surface area contributed by atoms with Gasteiger partial charge >= 0.3 is 0 Å². The van der Waals surface area contributed by atoms with Gasteiger partial charge in [0.05, 0.1) is 26.9 Å². The number of ether oxygens (including phenoxy) is 3. The van der Waals surface area contributed by atoms with E-state index in [2.05, 4.69) is 10.1 Å². The number of nitrogens with zero attached hydrogens (tertiary/aromatic N) is 3. The molecule has 2 aliphatic rings. The second kappa shape index (κ2) is 9.49. The summed E-state index contributed by atoms with van der Waals surface area (Å²) in [6, 6.07) is 13.4. The summed E-state index contributed by atoms with van der Waals surface area (Å²) in [4.78, 5) is 16.8. The zero-order chi connectivity index (χ0) is 22.7. The Kier molecular flexibility index (Phi) is 6.52. The smallest absolute Gasteiger partial charge is 0.283 e. The van der Waals surface area contributed by atoms with Crippen molar-refractivity contribution in [2.24, 2.45) is 10.1 Å². The number of hydrazone groups is 1. The molecule has 1 N–H and O–H groups in total. The third-order valence-corrected chi connectivity index (χ3v) is 6.75. The van der Waals surface area contributed by atoms with Crippen LogP contribution in [0.2, 0.25) is 0 Å². The molecular formula is C22H20N4O4S2. The van der Waals surface area contributed by atoms with Crippen LogP contribution >= 0.6 is 23.5 Å². The molecule has 0 saturated carbocycles. The maximum atomic E-state index is 12.7. The zero-order valence-corrected chi connectivity index (χ0v) is 19.3. The fourth-order valence-electron chi connectivity index (χ4n) is 3.10. The van der Waals surface area contributed by atoms with E-state index in [0.29, 0.717) is 28.0 Å². The number of rotatable bonds is 6. The minimum absolute atomic E-state index is 0.0310. The highest BCUT2D eigenvalue weighted by molar-refractivity contribution is 8.45. The molecule has 2 aromatic rings. The summed E-state index contributed by atoms with van der Waals surface area (Å²) in [5, 5.41) is 14.8. The van der Waals surface area contributed by atoms with Crippen LogP contribution in [0.5, 0.6) is 17.2 Å². The molecule has 4 rings (SSSR count). The van der Waals surface area contributed by atoms with Crippen molar-refractivity contribution in [2.45, 2.75) is 5.75 Å². The van der Waals surface area contributed by atoms with Gasteiger partial charge in [0.1, 0.15) is 0 Å². The minimum Gasteiger partial charge on any atom is -0.493 e. The van der Waals surface area contributed by atoms with Crippen LogP contribution in [-0.2, 0) is 10.5 Å². The van der Waals surface area contributed by atoms with Gasteiger partial charge in [-0.2, -0.15) is 10.0 Å². The van der Waals surface area contributed by atoms with E-state index >= 15 is 0 Å². The first kappa shape index (κ1) is 22.0. The largest absolute Gasteiger partial charge is 0.493 e. The molecule has 0 bridgehead atoms. The first-order chi connectivity index (χ1) is 15.5. The first-order valence-corrected chi connectivity index (χ1v) is 11.3. The molecule has 1 amide bonds. The summed E-state index contributed by atoms with van der Waals surface area (Å²) in [6.07, 6.45) is 1.57. The van der Waals surface area contributed by atoms with Crippen LogP contribution in [0.25, 0.3) is 6.08 Å². The van der Waals surface area contributed by atoms with Crippen LogP contribution < -0.4 is 14.2 Å². The lowest BCUT2D eigenvalue weighted by Crippen LogP contribution is -2.35. The number of fused-ring (bicyclic) bond motifs is 1. The molecule has 2 heterocycles. The average molecular weight is 469 g/mol. The summed E-state index contributed by atoms with van der Waals surface area (Å²) >= 11 is 2.83. The van der Waals surface area contributed by atoms with E-state index in [-0.39, 0.29) is 11.4 Å². The van der Waals surface area contributed by atoms with E-state index in [0.717, 1.165) is 10.1 Å². The quantitative estimate of drug-likeness (QED) is 0.634. The second-order valence-electron chi connectivity index (χ2n) is 6.62. The molecular weight excluding hydrogens is 448 g/mol. The summed E-state index contributed by atoms with van der Waals surface area (Å²) in [7, 11) is 4.55. The van der Waals surface area contributed by atoms with Gasteiger partial charge in [0.15, 0.2) is 21.7 Å². The lowest BCUT2D eigenvalue weighted by Gasteiger charge is -2.20. The summed E-state index contributed by atoms with van der Waals surface area (Å²) in [5.74, 6) is 1.56. The van der Waals surface area contributed by atoms with Crippen LogP contribution in [0, 0.1) is 5.41 Å². The van der Waals surface area contributed by atoms with Crippen molar-refractivity contribution < 1.29 is 19.0 Å². The highest BCUT2D eigenvalue weighted by atomic mass is 32.2. The number of carbonyl (C=O) groups is 1. The SMILES string of the molecule is COc1cc(C=C2C(=N)N3N=C(SCc4ccccc4)SC3=NC2=O)cc(OC)c1OC. The number of benzene rings is 2. The summed E-state index contributed by atoms with van der Waals surface area (Å²) in [6.45, 7) is 0. The number of aliphatic imine (C=N–C) groups is 1. The van der Waals surface area contributed by atoms with Gasteiger partial charge in [-0.05, 0) is 41.1 Å².